The summed E-state index contributed by atoms with van der Waals surface area (Å²) in [5.41, 5.74) is 1.42. The Bertz CT molecular complexity index is 1330. The number of hydrogen-bond acceptors (Lipinski definition) is 7. The van der Waals surface area contributed by atoms with Crippen LogP contribution in [0.25, 0.3) is 16.4 Å². The summed E-state index contributed by atoms with van der Waals surface area (Å²) in [6.45, 7) is 1.41. The molecule has 4 aromatic rings. The van der Waals surface area contributed by atoms with E-state index in [0.717, 1.165) is 11.3 Å². The van der Waals surface area contributed by atoms with Crippen LogP contribution in [0.15, 0.2) is 66.0 Å². The molecule has 0 spiro atoms. The fourth-order valence-corrected chi connectivity index (χ4v) is 3.89. The molecule has 0 unspecified atom stereocenters. The number of nitrogens with one attached hydrogen (secondary N) is 1. The fraction of sp³-hybridized carbons (Fsp3) is 0.160. The number of amides is 1. The summed E-state index contributed by atoms with van der Waals surface area (Å²) in [6, 6.07) is 15.6. The molecule has 2 aromatic heterocycles. The highest BCUT2D eigenvalue weighted by molar-refractivity contribution is 7.13. The van der Waals surface area contributed by atoms with E-state index < -0.39 is 24.2 Å². The number of anilines is 1. The highest BCUT2D eigenvalue weighted by Crippen LogP contribution is 2.26. The number of esters is 1. The standard InChI is InChI=1S/C25H21FN4O4S/c1-2-4-22(32)27-18-10-6-16(7-11-18)20(31)15-34-25(33)23-28-24(21-5-3-14-35-21)30(29-23)19-12-8-17(26)9-13-19/h3,5-14H,2,4,15H2,1H3,(H,27,32). The van der Waals surface area contributed by atoms with Crippen molar-refractivity contribution in [2.75, 3.05) is 11.9 Å². The SMILES string of the molecule is CCCC(=O)Nc1ccc(C(=O)COC(=O)c2nc(-c3cccs3)n(-c3ccc(F)cc3)n2)cc1. The number of Topliss-reactive ketones (excluding diaryl/α,β-unsaturated/α-hetero) is 1. The molecule has 2 heterocycles. The monoisotopic (exact) mass is 492 g/mol. The number of thiophene rings is 1. The van der Waals surface area contributed by atoms with E-state index in [1.54, 1.807) is 24.3 Å². The lowest BCUT2D eigenvalue weighted by Crippen LogP contribution is -2.16. The third kappa shape index (κ3) is 5.85. The molecule has 0 atom stereocenters. The van der Waals surface area contributed by atoms with Gasteiger partial charge in [-0.1, -0.05) is 13.0 Å². The Morgan fingerprint density at radius 2 is 1.80 bits per heavy atom. The van der Waals surface area contributed by atoms with Crippen LogP contribution in [0.3, 0.4) is 0 Å². The van der Waals surface area contributed by atoms with Crippen molar-refractivity contribution in [3.05, 3.63) is 83.2 Å². The fourth-order valence-electron chi connectivity index (χ4n) is 3.20. The van der Waals surface area contributed by atoms with Crippen molar-refractivity contribution in [3.63, 3.8) is 0 Å². The largest absolute Gasteiger partial charge is 0.451 e. The highest BCUT2D eigenvalue weighted by Gasteiger charge is 2.21. The second-order valence-corrected chi connectivity index (χ2v) is 8.45. The first-order valence-corrected chi connectivity index (χ1v) is 11.7. The van der Waals surface area contributed by atoms with Gasteiger partial charge >= 0.3 is 5.97 Å². The lowest BCUT2D eigenvalue weighted by molar-refractivity contribution is -0.116. The molecule has 4 rings (SSSR count). The molecule has 0 saturated carbocycles. The Hall–Kier alpha value is -4.18. The minimum Gasteiger partial charge on any atom is -0.451 e. The second kappa shape index (κ2) is 10.8. The van der Waals surface area contributed by atoms with Crippen LogP contribution >= 0.6 is 11.3 Å². The summed E-state index contributed by atoms with van der Waals surface area (Å²) in [7, 11) is 0. The van der Waals surface area contributed by atoms with Crippen molar-refractivity contribution in [2.45, 2.75) is 19.8 Å². The topological polar surface area (TPSA) is 103 Å². The summed E-state index contributed by atoms with van der Waals surface area (Å²) in [4.78, 5) is 41.8. The van der Waals surface area contributed by atoms with Crippen molar-refractivity contribution < 1.29 is 23.5 Å². The maximum Gasteiger partial charge on any atom is 0.378 e. The Morgan fingerprint density at radius 1 is 1.06 bits per heavy atom. The van der Waals surface area contributed by atoms with Crippen molar-refractivity contribution in [2.24, 2.45) is 0 Å². The van der Waals surface area contributed by atoms with Gasteiger partial charge in [-0.25, -0.2) is 13.9 Å². The van der Waals surface area contributed by atoms with E-state index in [9.17, 15) is 18.8 Å². The molecule has 0 bridgehead atoms. The molecule has 2 aromatic carbocycles. The molecule has 0 fully saturated rings. The van der Waals surface area contributed by atoms with E-state index in [1.807, 2.05) is 24.4 Å². The van der Waals surface area contributed by atoms with Crippen LogP contribution < -0.4 is 5.32 Å². The zero-order valence-corrected chi connectivity index (χ0v) is 19.5. The molecule has 10 heteroatoms. The van der Waals surface area contributed by atoms with E-state index in [2.05, 4.69) is 15.4 Å². The number of benzene rings is 2. The summed E-state index contributed by atoms with van der Waals surface area (Å²) >= 11 is 1.41. The number of carbonyl (C=O) groups is 3. The average Bonchev–Trinajstić information content (AvgIpc) is 3.54. The predicted octanol–water partition coefficient (Wildman–Crippen LogP) is 4.91. The third-order valence-electron chi connectivity index (χ3n) is 4.90. The molecule has 35 heavy (non-hydrogen) atoms. The Kier molecular flexibility index (Phi) is 7.41. The summed E-state index contributed by atoms with van der Waals surface area (Å²) in [5, 5.41) is 8.83. The van der Waals surface area contributed by atoms with Crippen LogP contribution in [0.5, 0.6) is 0 Å². The smallest absolute Gasteiger partial charge is 0.378 e. The number of ketones is 1. The molecule has 1 amide bonds. The third-order valence-corrected chi connectivity index (χ3v) is 5.77. The molecule has 8 nitrogen and oxygen atoms in total. The van der Waals surface area contributed by atoms with Crippen LogP contribution in [0.4, 0.5) is 10.1 Å². The molecule has 178 valence electrons. The van der Waals surface area contributed by atoms with Crippen LogP contribution in [0.2, 0.25) is 0 Å². The number of aromatic nitrogens is 3. The highest BCUT2D eigenvalue weighted by atomic mass is 32.1. The van der Waals surface area contributed by atoms with Crippen molar-refractivity contribution in [1.82, 2.24) is 14.8 Å². The molecule has 0 aliphatic heterocycles. The number of ether oxygens (including phenoxy) is 1. The number of halogens is 1. The number of hydrogen-bond donors (Lipinski definition) is 1. The number of carbonyl (C=O) groups excluding carboxylic acids is 3. The van der Waals surface area contributed by atoms with Gasteiger partial charge in [0.25, 0.3) is 5.82 Å². The van der Waals surface area contributed by atoms with Crippen LogP contribution in [-0.4, -0.2) is 39.0 Å². The lowest BCUT2D eigenvalue weighted by atomic mass is 10.1. The molecular weight excluding hydrogens is 471 g/mol. The minimum atomic E-state index is -0.861. The average molecular weight is 493 g/mol. The Labute approximate surface area is 204 Å². The second-order valence-electron chi connectivity index (χ2n) is 7.50. The number of rotatable bonds is 9. The first-order chi connectivity index (χ1) is 16.9. The van der Waals surface area contributed by atoms with Gasteiger partial charge in [0.1, 0.15) is 5.82 Å². The molecular formula is C25H21FN4O4S. The van der Waals surface area contributed by atoms with E-state index in [-0.39, 0.29) is 11.7 Å². The van der Waals surface area contributed by atoms with Crippen LogP contribution in [0, 0.1) is 5.82 Å². The Morgan fingerprint density at radius 3 is 2.46 bits per heavy atom. The van der Waals surface area contributed by atoms with E-state index in [4.69, 9.17) is 4.74 Å². The normalized spacial score (nSPS) is 10.7. The van der Waals surface area contributed by atoms with E-state index in [0.29, 0.717) is 29.2 Å². The molecule has 0 radical (unpaired) electrons. The maximum atomic E-state index is 13.4. The summed E-state index contributed by atoms with van der Waals surface area (Å²) in [6.07, 6.45) is 1.15. The molecule has 0 saturated heterocycles. The van der Waals surface area contributed by atoms with Gasteiger partial charge in [0.2, 0.25) is 5.91 Å². The van der Waals surface area contributed by atoms with Gasteiger partial charge in [-0.15, -0.1) is 16.4 Å². The summed E-state index contributed by atoms with van der Waals surface area (Å²) in [5.74, 6) is -1.61. The van der Waals surface area contributed by atoms with E-state index in [1.165, 1.54) is 40.3 Å². The van der Waals surface area contributed by atoms with Crippen molar-refractivity contribution in [3.8, 4) is 16.4 Å². The van der Waals surface area contributed by atoms with Gasteiger partial charge in [-0.2, -0.15) is 4.98 Å². The first kappa shape index (κ1) is 24.0. The Balaban J connectivity index is 1.45. The quantitative estimate of drug-likeness (QED) is 0.263. The lowest BCUT2D eigenvalue weighted by Gasteiger charge is -2.06. The van der Waals surface area contributed by atoms with Crippen LogP contribution in [0.1, 0.15) is 40.7 Å². The molecule has 0 aliphatic rings. The van der Waals surface area contributed by atoms with Crippen LogP contribution in [-0.2, 0) is 9.53 Å². The zero-order chi connectivity index (χ0) is 24.8. The maximum absolute atomic E-state index is 13.4. The van der Waals surface area contributed by atoms with Crippen molar-refractivity contribution >= 4 is 34.7 Å². The summed E-state index contributed by atoms with van der Waals surface area (Å²) < 4.78 is 20.0. The molecule has 1 N–H and O–H groups in total. The zero-order valence-electron chi connectivity index (χ0n) is 18.7. The van der Waals surface area contributed by atoms with Gasteiger partial charge in [0, 0.05) is 17.7 Å². The van der Waals surface area contributed by atoms with Gasteiger partial charge in [-0.05, 0) is 66.4 Å². The van der Waals surface area contributed by atoms with Gasteiger partial charge in [0.15, 0.2) is 18.2 Å². The van der Waals surface area contributed by atoms with Crippen molar-refractivity contribution in [1.29, 1.82) is 0 Å². The van der Waals surface area contributed by atoms with Gasteiger partial charge in [0.05, 0.1) is 10.6 Å². The number of nitrogens with zero attached hydrogens (tertiary/aromatic N) is 3. The van der Waals surface area contributed by atoms with Gasteiger partial charge in [-0.3, -0.25) is 9.59 Å². The molecule has 0 aliphatic carbocycles. The van der Waals surface area contributed by atoms with Gasteiger partial charge < -0.3 is 10.1 Å². The predicted molar refractivity (Wildman–Crippen MR) is 129 cm³/mol. The minimum absolute atomic E-state index is 0.102. The first-order valence-electron chi connectivity index (χ1n) is 10.8. The van der Waals surface area contributed by atoms with E-state index >= 15 is 0 Å².